The highest BCUT2D eigenvalue weighted by Crippen LogP contribution is 2.22. The Bertz CT molecular complexity index is 374. The van der Waals surface area contributed by atoms with E-state index in [2.05, 4.69) is 34.9 Å². The average Bonchev–Trinajstić information content (AvgIpc) is 2.92. The van der Waals surface area contributed by atoms with Crippen molar-refractivity contribution in [2.75, 3.05) is 19.6 Å². The van der Waals surface area contributed by atoms with Crippen LogP contribution in [-0.2, 0) is 12.8 Å². The first-order valence-corrected chi connectivity index (χ1v) is 6.52. The van der Waals surface area contributed by atoms with E-state index in [1.165, 1.54) is 11.1 Å². The van der Waals surface area contributed by atoms with Crippen LogP contribution in [0.25, 0.3) is 0 Å². The number of hydrogen-bond acceptors (Lipinski definition) is 3. The Morgan fingerprint density at radius 3 is 2.39 bits per heavy atom. The van der Waals surface area contributed by atoms with Gasteiger partial charge in [0.15, 0.2) is 0 Å². The third kappa shape index (κ3) is 2.86. The number of fused-ring (bicyclic) bond motifs is 1. The third-order valence-electron chi connectivity index (χ3n) is 4.02. The van der Waals surface area contributed by atoms with Crippen LogP contribution in [-0.4, -0.2) is 36.9 Å². The molecular weight excluding hydrogens is 248 g/mol. The highest BCUT2D eigenvalue weighted by atomic mass is 35.5. The van der Waals surface area contributed by atoms with Gasteiger partial charge in [0.25, 0.3) is 0 Å². The highest BCUT2D eigenvalue weighted by Gasteiger charge is 2.27. The van der Waals surface area contributed by atoms with Gasteiger partial charge >= 0.3 is 0 Å². The molecule has 2 atom stereocenters. The fraction of sp³-hybridized carbons (Fsp3) is 0.571. The van der Waals surface area contributed by atoms with E-state index in [0.717, 1.165) is 32.5 Å². The summed E-state index contributed by atoms with van der Waals surface area (Å²) < 4.78 is 0. The van der Waals surface area contributed by atoms with E-state index in [4.69, 9.17) is 0 Å². The summed E-state index contributed by atoms with van der Waals surface area (Å²) in [5.41, 5.74) is 2.96. The number of aliphatic hydroxyl groups is 1. The number of halogens is 1. The molecule has 1 fully saturated rings. The van der Waals surface area contributed by atoms with E-state index in [9.17, 15) is 5.11 Å². The Kier molecular flexibility index (Phi) is 4.62. The second-order valence-corrected chi connectivity index (χ2v) is 5.27. The fourth-order valence-electron chi connectivity index (χ4n) is 2.95. The first-order chi connectivity index (χ1) is 8.33. The van der Waals surface area contributed by atoms with Gasteiger partial charge in [0.2, 0.25) is 0 Å². The smallest absolute Gasteiger partial charge is 0.0716 e. The van der Waals surface area contributed by atoms with Gasteiger partial charge in [-0.15, -0.1) is 12.4 Å². The quantitative estimate of drug-likeness (QED) is 0.758. The van der Waals surface area contributed by atoms with Crippen LogP contribution in [0.3, 0.4) is 0 Å². The monoisotopic (exact) mass is 268 g/mol. The van der Waals surface area contributed by atoms with E-state index in [0.29, 0.717) is 12.0 Å². The molecule has 1 heterocycles. The molecule has 2 unspecified atom stereocenters. The highest BCUT2D eigenvalue weighted by molar-refractivity contribution is 5.85. The van der Waals surface area contributed by atoms with Crippen molar-refractivity contribution in [2.45, 2.75) is 25.0 Å². The minimum absolute atomic E-state index is 0. The molecule has 0 amide bonds. The van der Waals surface area contributed by atoms with Crippen molar-refractivity contribution in [2.24, 2.45) is 5.92 Å². The standard InChI is InChI=1S/C14H20N2O.ClH/c17-14-9-15-7-12(14)8-16-13-5-10-3-1-2-4-11(10)6-13;/h1-4,12-17H,5-9H2;1H. The van der Waals surface area contributed by atoms with Gasteiger partial charge in [-0.1, -0.05) is 24.3 Å². The van der Waals surface area contributed by atoms with Gasteiger partial charge in [-0.05, 0) is 24.0 Å². The van der Waals surface area contributed by atoms with Crippen molar-refractivity contribution >= 4 is 12.4 Å². The number of aliphatic hydroxyl groups excluding tert-OH is 1. The third-order valence-corrected chi connectivity index (χ3v) is 4.02. The molecule has 0 bridgehead atoms. The number of β-amino-alcohol motifs (C(OH)–C–C–N with tert-alkyl or cyclic N) is 1. The molecule has 1 aromatic rings. The number of benzene rings is 1. The molecule has 0 radical (unpaired) electrons. The molecule has 3 nitrogen and oxygen atoms in total. The Labute approximate surface area is 114 Å². The van der Waals surface area contributed by atoms with Gasteiger partial charge in [-0.3, -0.25) is 0 Å². The molecule has 1 aromatic carbocycles. The molecule has 0 saturated carbocycles. The van der Waals surface area contributed by atoms with Crippen molar-refractivity contribution in [3.05, 3.63) is 35.4 Å². The SMILES string of the molecule is Cl.OC1CNCC1CNC1Cc2ccccc2C1. The Morgan fingerprint density at radius 2 is 1.83 bits per heavy atom. The van der Waals surface area contributed by atoms with Gasteiger partial charge in [0, 0.05) is 31.6 Å². The van der Waals surface area contributed by atoms with Gasteiger partial charge < -0.3 is 15.7 Å². The summed E-state index contributed by atoms with van der Waals surface area (Å²) in [7, 11) is 0. The van der Waals surface area contributed by atoms with Crippen LogP contribution >= 0.6 is 12.4 Å². The van der Waals surface area contributed by atoms with Crippen LogP contribution in [0, 0.1) is 5.92 Å². The van der Waals surface area contributed by atoms with Crippen LogP contribution in [0.2, 0.25) is 0 Å². The lowest BCUT2D eigenvalue weighted by Crippen LogP contribution is -2.37. The number of hydrogen-bond donors (Lipinski definition) is 3. The molecular formula is C14H21ClN2O. The largest absolute Gasteiger partial charge is 0.391 e. The summed E-state index contributed by atoms with van der Waals surface area (Å²) in [4.78, 5) is 0. The van der Waals surface area contributed by atoms with Gasteiger partial charge in [-0.25, -0.2) is 0 Å². The lowest BCUT2D eigenvalue weighted by atomic mass is 10.1. The molecule has 0 spiro atoms. The average molecular weight is 269 g/mol. The Balaban J connectivity index is 0.00000120. The van der Waals surface area contributed by atoms with Crippen molar-refractivity contribution in [1.82, 2.24) is 10.6 Å². The zero-order valence-corrected chi connectivity index (χ0v) is 11.2. The summed E-state index contributed by atoms with van der Waals surface area (Å²) in [6, 6.07) is 9.24. The molecule has 1 saturated heterocycles. The zero-order valence-electron chi connectivity index (χ0n) is 10.4. The van der Waals surface area contributed by atoms with E-state index in [1.807, 2.05) is 0 Å². The van der Waals surface area contributed by atoms with Crippen molar-refractivity contribution in [1.29, 1.82) is 0 Å². The lowest BCUT2D eigenvalue weighted by Gasteiger charge is -2.18. The minimum atomic E-state index is -0.175. The molecule has 2 aliphatic rings. The molecule has 0 aromatic heterocycles. The lowest BCUT2D eigenvalue weighted by molar-refractivity contribution is 0.144. The van der Waals surface area contributed by atoms with Crippen molar-refractivity contribution in [3.63, 3.8) is 0 Å². The van der Waals surface area contributed by atoms with E-state index in [-0.39, 0.29) is 18.5 Å². The first kappa shape index (κ1) is 13.8. The Morgan fingerprint density at radius 1 is 1.17 bits per heavy atom. The van der Waals surface area contributed by atoms with Crippen LogP contribution in [0.5, 0.6) is 0 Å². The predicted octanol–water partition coefficient (Wildman–Crippen LogP) is 0.745. The van der Waals surface area contributed by atoms with E-state index >= 15 is 0 Å². The van der Waals surface area contributed by atoms with E-state index in [1.54, 1.807) is 0 Å². The molecule has 3 N–H and O–H groups in total. The number of nitrogens with one attached hydrogen (secondary N) is 2. The summed E-state index contributed by atoms with van der Waals surface area (Å²) in [5, 5.41) is 16.6. The van der Waals surface area contributed by atoms with Crippen molar-refractivity contribution < 1.29 is 5.11 Å². The van der Waals surface area contributed by atoms with Gasteiger partial charge in [0.1, 0.15) is 0 Å². The second kappa shape index (κ2) is 6.02. The van der Waals surface area contributed by atoms with Gasteiger partial charge in [-0.2, -0.15) is 0 Å². The topological polar surface area (TPSA) is 44.3 Å². The molecule has 100 valence electrons. The minimum Gasteiger partial charge on any atom is -0.391 e. The number of rotatable bonds is 3. The molecule has 3 rings (SSSR count). The predicted molar refractivity (Wildman–Crippen MR) is 75.3 cm³/mol. The van der Waals surface area contributed by atoms with Crippen LogP contribution in [0.1, 0.15) is 11.1 Å². The summed E-state index contributed by atoms with van der Waals surface area (Å²) in [6.45, 7) is 2.61. The van der Waals surface area contributed by atoms with Crippen LogP contribution in [0.15, 0.2) is 24.3 Å². The maximum atomic E-state index is 9.73. The second-order valence-electron chi connectivity index (χ2n) is 5.27. The Hall–Kier alpha value is -0.610. The molecule has 1 aliphatic carbocycles. The summed E-state index contributed by atoms with van der Waals surface area (Å²) in [6.07, 6.45) is 2.09. The molecule has 18 heavy (non-hydrogen) atoms. The molecule has 4 heteroatoms. The van der Waals surface area contributed by atoms with Crippen LogP contribution < -0.4 is 10.6 Å². The maximum absolute atomic E-state index is 9.73. The molecule has 1 aliphatic heterocycles. The van der Waals surface area contributed by atoms with Crippen LogP contribution in [0.4, 0.5) is 0 Å². The normalized spacial score (nSPS) is 26.9. The van der Waals surface area contributed by atoms with Crippen molar-refractivity contribution in [3.8, 4) is 0 Å². The maximum Gasteiger partial charge on any atom is 0.0716 e. The van der Waals surface area contributed by atoms with Gasteiger partial charge in [0.05, 0.1) is 6.10 Å². The zero-order chi connectivity index (χ0) is 11.7. The van der Waals surface area contributed by atoms with E-state index < -0.39 is 0 Å². The summed E-state index contributed by atoms with van der Waals surface area (Å²) >= 11 is 0. The fourth-order valence-corrected chi connectivity index (χ4v) is 2.95. The summed E-state index contributed by atoms with van der Waals surface area (Å²) in [5.74, 6) is 0.374. The first-order valence-electron chi connectivity index (χ1n) is 6.52.